The Morgan fingerprint density at radius 3 is 0.536 bits per heavy atom. The van der Waals surface area contributed by atoms with Gasteiger partial charge in [-0.3, -0.25) is 0 Å². The second-order valence-corrected chi connectivity index (χ2v) is 13.5. The molecule has 0 saturated carbocycles. The van der Waals surface area contributed by atoms with Gasteiger partial charge in [-0.2, -0.15) is 0 Å². The predicted molar refractivity (Wildman–Crippen MR) is 225 cm³/mol. The van der Waals surface area contributed by atoms with Gasteiger partial charge in [-0.1, -0.05) is 170 Å². The van der Waals surface area contributed by atoms with E-state index >= 15 is 0 Å². The Morgan fingerprint density at radius 1 is 0.179 bits per heavy atom. The number of rotatable bonds is 4. The smallest absolute Gasteiger partial charge is 0.0781 e. The summed E-state index contributed by atoms with van der Waals surface area (Å²) in [6.45, 7) is 0. The van der Waals surface area contributed by atoms with E-state index in [4.69, 9.17) is 20.0 Å². The van der Waals surface area contributed by atoms with Gasteiger partial charge in [0.1, 0.15) is 0 Å². The first-order valence-corrected chi connectivity index (χ1v) is 18.7. The molecule has 7 heterocycles. The molecule has 4 nitrogen and oxygen atoms in total. The minimum absolute atomic E-state index is 0.850. The number of hydrogen-bond acceptors (Lipinski definition) is 4. The van der Waals surface area contributed by atoms with E-state index in [-0.39, 0.29) is 0 Å². The summed E-state index contributed by atoms with van der Waals surface area (Å²) in [5.74, 6) is 0. The molecule has 0 atom stereocenters. The Hall–Kier alpha value is -7.56. The molecule has 0 aliphatic carbocycles. The van der Waals surface area contributed by atoms with E-state index < -0.39 is 0 Å². The molecule has 7 aliphatic heterocycles. The van der Waals surface area contributed by atoms with Crippen LogP contribution in [-0.2, 0) is 0 Å². The highest BCUT2D eigenvalue weighted by Gasteiger charge is 2.06. The van der Waals surface area contributed by atoms with Gasteiger partial charge < -0.3 is 0 Å². The molecule has 8 aromatic rings. The average molecular weight is 717 g/mol. The lowest BCUT2D eigenvalue weighted by Gasteiger charge is -2.06. The summed E-state index contributed by atoms with van der Waals surface area (Å²) in [5.41, 5.74) is 7.67. The van der Waals surface area contributed by atoms with Crippen LogP contribution in [0.4, 0.5) is 0 Å². The van der Waals surface area contributed by atoms with Crippen LogP contribution in [0.15, 0.2) is 238 Å². The Balaban J connectivity index is 1.35. The fourth-order valence-electron chi connectivity index (χ4n) is 6.86. The first-order valence-electron chi connectivity index (χ1n) is 18.7. The van der Waals surface area contributed by atoms with Gasteiger partial charge >= 0.3 is 0 Å². The Morgan fingerprint density at radius 2 is 0.357 bits per heavy atom. The average Bonchev–Trinajstić information content (AvgIpc) is 3.28. The zero-order valence-corrected chi connectivity index (χ0v) is 30.6. The van der Waals surface area contributed by atoms with E-state index in [2.05, 4.69) is 146 Å². The first-order chi connectivity index (χ1) is 27.7. The third kappa shape index (κ3) is 7.58. The lowest BCUT2D eigenvalue weighted by atomic mass is 10.1. The molecular weight excluding hydrogens is 681 g/mol. The van der Waals surface area contributed by atoms with E-state index in [9.17, 15) is 0 Å². The van der Waals surface area contributed by atoms with E-state index in [1.807, 2.05) is 72.8 Å². The fourth-order valence-corrected chi connectivity index (χ4v) is 6.86. The van der Waals surface area contributed by atoms with E-state index in [1.54, 1.807) is 0 Å². The number of benzene rings is 8. The first kappa shape index (κ1) is 34.2. The van der Waals surface area contributed by atoms with Crippen LogP contribution in [-0.4, -0.2) is 0 Å². The normalized spacial score (nSPS) is 12.7. The molecule has 0 amide bonds. The van der Waals surface area contributed by atoms with Gasteiger partial charge in [-0.25, -0.2) is 20.0 Å². The van der Waals surface area contributed by atoms with Crippen LogP contribution in [0.3, 0.4) is 0 Å². The summed E-state index contributed by atoms with van der Waals surface area (Å²) in [4.78, 5) is 20.9. The summed E-state index contributed by atoms with van der Waals surface area (Å²) in [6.07, 6.45) is 0. The van der Waals surface area contributed by atoms with Gasteiger partial charge in [-0.15, -0.1) is 0 Å². The third-order valence-electron chi connectivity index (χ3n) is 9.72. The quantitative estimate of drug-likeness (QED) is 0.218. The Bertz CT molecular complexity index is 2680. The summed E-state index contributed by atoms with van der Waals surface area (Å²) in [6, 6.07) is 74.7. The maximum absolute atomic E-state index is 5.23. The summed E-state index contributed by atoms with van der Waals surface area (Å²) in [7, 11) is 0. The lowest BCUT2D eigenvalue weighted by molar-refractivity contribution is 1.26. The zero-order valence-electron chi connectivity index (χ0n) is 30.6. The zero-order chi connectivity index (χ0) is 37.5. The van der Waals surface area contributed by atoms with Gasteiger partial charge in [0.15, 0.2) is 0 Å². The highest BCUT2D eigenvalue weighted by atomic mass is 14.8. The van der Waals surface area contributed by atoms with Crippen molar-refractivity contribution in [1.82, 2.24) is 0 Å². The standard InChI is InChI=1S/C52H36N4/c1-5-13-37(14-6-1)49-41-21-29-46(30-22-41)54-51(39-17-9-3-10-18-39)43-25-33-48(34-26-43)56-52(40-19-11-4-12-20-40)44-27-35-47(36-28-44)55-50(38-15-7-2-8-16-38)42-23-31-45(53-49)32-24-42/h1-36H. The molecule has 0 radical (unpaired) electrons. The van der Waals surface area contributed by atoms with Crippen molar-refractivity contribution in [1.29, 1.82) is 0 Å². The minimum Gasteiger partial charge on any atom is -0.248 e. The molecule has 8 aromatic carbocycles. The lowest BCUT2D eigenvalue weighted by Crippen LogP contribution is -2.17. The SMILES string of the molecule is c1ccc(C2=c3ccc(cc3)=NC(c3ccccc3)=c3ccc(cc3)=NC(c3ccccc3)=c3ccc(cc3)=NC(c3ccccc3)=c3ccc(cc3)=N2)cc1. The number of hydrogen-bond donors (Lipinski definition) is 0. The largest absolute Gasteiger partial charge is 0.248 e. The fraction of sp³-hybridized carbons (Fsp3) is 0. The van der Waals surface area contributed by atoms with Crippen molar-refractivity contribution in [2.24, 2.45) is 20.0 Å². The second-order valence-electron chi connectivity index (χ2n) is 13.5. The van der Waals surface area contributed by atoms with Gasteiger partial charge in [0.25, 0.3) is 0 Å². The molecule has 0 spiro atoms. The van der Waals surface area contributed by atoms with Crippen molar-refractivity contribution in [3.8, 4) is 0 Å². The molecule has 0 fully saturated rings. The molecule has 0 N–H and O–H groups in total. The summed E-state index contributed by atoms with van der Waals surface area (Å²) >= 11 is 0. The molecule has 0 saturated heterocycles. The predicted octanol–water partition coefficient (Wildman–Crippen LogP) is 5.91. The third-order valence-corrected chi connectivity index (χ3v) is 9.72. The molecule has 4 heteroatoms. The molecule has 15 rings (SSSR count). The molecule has 0 aromatic heterocycles. The van der Waals surface area contributed by atoms with Crippen molar-refractivity contribution in [2.45, 2.75) is 0 Å². The molecule has 264 valence electrons. The van der Waals surface area contributed by atoms with Crippen molar-refractivity contribution < 1.29 is 0 Å². The highest BCUT2D eigenvalue weighted by molar-refractivity contribution is 5.67. The van der Waals surface area contributed by atoms with E-state index in [1.165, 1.54) is 0 Å². The van der Waals surface area contributed by atoms with Crippen molar-refractivity contribution in [2.75, 3.05) is 0 Å². The molecule has 8 bridgehead atoms. The summed E-state index contributed by atoms with van der Waals surface area (Å²) in [5, 5.41) is 7.41. The van der Waals surface area contributed by atoms with E-state index in [0.29, 0.717) is 0 Å². The van der Waals surface area contributed by atoms with Crippen LogP contribution >= 0.6 is 0 Å². The Kier molecular flexibility index (Phi) is 9.66. The second kappa shape index (κ2) is 15.8. The maximum Gasteiger partial charge on any atom is 0.0781 e. The van der Waals surface area contributed by atoms with Gasteiger partial charge in [0.05, 0.1) is 44.2 Å². The van der Waals surface area contributed by atoms with Crippen LogP contribution in [0.25, 0.3) is 22.8 Å². The van der Waals surface area contributed by atoms with Crippen LogP contribution in [0.5, 0.6) is 0 Å². The van der Waals surface area contributed by atoms with Gasteiger partial charge in [0.2, 0.25) is 0 Å². The van der Waals surface area contributed by atoms with Gasteiger partial charge in [0, 0.05) is 43.1 Å². The summed E-state index contributed by atoms with van der Waals surface area (Å²) < 4.78 is 0. The Labute approximate surface area is 324 Å². The monoisotopic (exact) mass is 716 g/mol. The molecule has 0 unspecified atom stereocenters. The van der Waals surface area contributed by atoms with Crippen LogP contribution in [0.1, 0.15) is 22.3 Å². The molecule has 7 aliphatic rings. The van der Waals surface area contributed by atoms with Crippen molar-refractivity contribution >= 4 is 22.8 Å². The van der Waals surface area contributed by atoms with Crippen LogP contribution in [0, 0.1) is 0 Å². The highest BCUT2D eigenvalue weighted by Crippen LogP contribution is 2.15. The van der Waals surface area contributed by atoms with E-state index in [0.717, 1.165) is 87.3 Å². The van der Waals surface area contributed by atoms with Crippen molar-refractivity contribution in [3.05, 3.63) is 283 Å². The minimum atomic E-state index is 0.850. The van der Waals surface area contributed by atoms with Crippen LogP contribution in [0.2, 0.25) is 0 Å². The molecular formula is C52H36N4. The number of nitrogens with zero attached hydrogens (tertiary/aromatic N) is 4. The van der Waals surface area contributed by atoms with Crippen LogP contribution < -0.4 is 42.3 Å². The maximum atomic E-state index is 5.23. The molecule has 56 heavy (non-hydrogen) atoms. The van der Waals surface area contributed by atoms with Gasteiger partial charge in [-0.05, 0) is 48.5 Å². The van der Waals surface area contributed by atoms with Crippen molar-refractivity contribution in [3.63, 3.8) is 0 Å². The topological polar surface area (TPSA) is 49.4 Å².